The van der Waals surface area contributed by atoms with Crippen molar-refractivity contribution in [3.8, 4) is 11.5 Å². The molecule has 2 aliphatic heterocycles. The smallest absolute Gasteiger partial charge is 0.307 e. The molecule has 1 saturated carbocycles. The second-order valence-electron chi connectivity index (χ2n) is 8.03. The maximum atomic E-state index is 12.5. The van der Waals surface area contributed by atoms with Crippen LogP contribution in [0.2, 0.25) is 0 Å². The van der Waals surface area contributed by atoms with E-state index in [0.29, 0.717) is 25.4 Å². The zero-order valence-corrected chi connectivity index (χ0v) is 16.3. The van der Waals surface area contributed by atoms with Crippen LogP contribution in [0.4, 0.5) is 0 Å². The lowest BCUT2D eigenvalue weighted by Crippen LogP contribution is -2.64. The van der Waals surface area contributed by atoms with E-state index in [4.69, 9.17) is 28.4 Å². The molecule has 7 nitrogen and oxygen atoms in total. The van der Waals surface area contributed by atoms with Gasteiger partial charge in [0.25, 0.3) is 0 Å². The summed E-state index contributed by atoms with van der Waals surface area (Å²) < 4.78 is 34.4. The van der Waals surface area contributed by atoms with Gasteiger partial charge in [0.1, 0.15) is 19.0 Å². The lowest BCUT2D eigenvalue weighted by atomic mass is 9.53. The van der Waals surface area contributed by atoms with E-state index in [2.05, 4.69) is 6.07 Å². The van der Waals surface area contributed by atoms with Crippen molar-refractivity contribution >= 4 is 5.97 Å². The van der Waals surface area contributed by atoms with Crippen LogP contribution in [-0.4, -0.2) is 58.5 Å². The molecule has 0 unspecified atom stereocenters. The maximum absolute atomic E-state index is 12.5. The molecule has 7 heteroatoms. The Morgan fingerprint density at radius 2 is 2.07 bits per heavy atom. The number of rotatable bonds is 7. The predicted octanol–water partition coefficient (Wildman–Crippen LogP) is 1.98. The molecular weight excluding hydrogens is 364 g/mol. The standard InChI is InChI=1S/C21H26O7/c1-23-7-8-25-11-26-15-6-4-13-16-9-12-3-5-14(24-2)19-18(12)21(13,20(15)28-19)10-17(22)27-16/h3,5,13,15-16,20H,4,6-11H2,1-2H3/t13-,15+,16+,20-,21-/m1/s1. The number of carbonyl (C=O) groups excluding carboxylic acids is 1. The molecule has 28 heavy (non-hydrogen) atoms. The first-order valence-electron chi connectivity index (χ1n) is 9.93. The van der Waals surface area contributed by atoms with Gasteiger partial charge in [-0.2, -0.15) is 0 Å². The molecular formula is C21H26O7. The third-order valence-corrected chi connectivity index (χ3v) is 6.79. The zero-order chi connectivity index (χ0) is 19.3. The van der Waals surface area contributed by atoms with Crippen LogP contribution >= 0.6 is 0 Å². The average molecular weight is 390 g/mol. The summed E-state index contributed by atoms with van der Waals surface area (Å²) in [6, 6.07) is 4.04. The third-order valence-electron chi connectivity index (χ3n) is 6.79. The summed E-state index contributed by atoms with van der Waals surface area (Å²) in [5.41, 5.74) is 1.94. The summed E-state index contributed by atoms with van der Waals surface area (Å²) in [5, 5.41) is 0. The zero-order valence-electron chi connectivity index (χ0n) is 16.3. The summed E-state index contributed by atoms with van der Waals surface area (Å²) in [7, 11) is 3.29. The van der Waals surface area contributed by atoms with E-state index in [1.807, 2.05) is 6.07 Å². The van der Waals surface area contributed by atoms with Gasteiger partial charge in [-0.25, -0.2) is 0 Å². The molecule has 1 aromatic rings. The first kappa shape index (κ1) is 18.2. The van der Waals surface area contributed by atoms with Gasteiger partial charge < -0.3 is 28.4 Å². The highest BCUT2D eigenvalue weighted by atomic mass is 16.7. The van der Waals surface area contributed by atoms with E-state index < -0.39 is 5.41 Å². The van der Waals surface area contributed by atoms with Crippen molar-refractivity contribution in [2.24, 2.45) is 5.92 Å². The largest absolute Gasteiger partial charge is 0.493 e. The Morgan fingerprint density at radius 1 is 1.18 bits per heavy atom. The van der Waals surface area contributed by atoms with Gasteiger partial charge in [-0.05, 0) is 24.5 Å². The van der Waals surface area contributed by atoms with Crippen molar-refractivity contribution in [3.05, 3.63) is 23.3 Å². The monoisotopic (exact) mass is 390 g/mol. The molecule has 152 valence electrons. The van der Waals surface area contributed by atoms with Crippen LogP contribution in [0, 0.1) is 5.92 Å². The van der Waals surface area contributed by atoms with E-state index in [0.717, 1.165) is 30.6 Å². The Hall–Kier alpha value is -1.83. The number of hydrogen-bond donors (Lipinski definition) is 0. The lowest BCUT2D eigenvalue weighted by Gasteiger charge is -2.54. The molecule has 1 saturated heterocycles. The normalized spacial score (nSPS) is 34.4. The first-order valence-corrected chi connectivity index (χ1v) is 9.93. The third kappa shape index (κ3) is 2.49. The van der Waals surface area contributed by atoms with Crippen molar-refractivity contribution < 1.29 is 33.2 Å². The van der Waals surface area contributed by atoms with Gasteiger partial charge in [0, 0.05) is 25.0 Å². The summed E-state index contributed by atoms with van der Waals surface area (Å²) in [6.45, 7) is 1.19. The quantitative estimate of drug-likeness (QED) is 0.400. The Labute approximate surface area is 164 Å². The molecule has 0 N–H and O–H groups in total. The van der Waals surface area contributed by atoms with E-state index in [1.54, 1.807) is 14.2 Å². The fraction of sp³-hybridized carbons (Fsp3) is 0.667. The Bertz CT molecular complexity index is 778. The second-order valence-corrected chi connectivity index (χ2v) is 8.03. The van der Waals surface area contributed by atoms with Gasteiger partial charge in [-0.3, -0.25) is 4.79 Å². The number of benzene rings is 1. The minimum absolute atomic E-state index is 0.0851. The Kier molecular flexibility index (Phi) is 4.49. The van der Waals surface area contributed by atoms with E-state index in [9.17, 15) is 4.79 Å². The highest BCUT2D eigenvalue weighted by Gasteiger charge is 2.67. The fourth-order valence-corrected chi connectivity index (χ4v) is 5.77. The predicted molar refractivity (Wildman–Crippen MR) is 97.6 cm³/mol. The van der Waals surface area contributed by atoms with Crippen molar-refractivity contribution in [1.82, 2.24) is 0 Å². The van der Waals surface area contributed by atoms with Crippen LogP contribution in [0.3, 0.4) is 0 Å². The molecule has 2 heterocycles. The van der Waals surface area contributed by atoms with E-state index in [1.165, 1.54) is 5.56 Å². The molecule has 5 rings (SSSR count). The summed E-state index contributed by atoms with van der Waals surface area (Å²) in [4.78, 5) is 12.5. The Balaban J connectivity index is 1.50. The average Bonchev–Trinajstić information content (AvgIpc) is 3.02. The topological polar surface area (TPSA) is 72.5 Å². The van der Waals surface area contributed by atoms with Crippen LogP contribution in [0.5, 0.6) is 11.5 Å². The molecule has 2 bridgehead atoms. The minimum atomic E-state index is -0.396. The molecule has 0 aromatic heterocycles. The van der Waals surface area contributed by atoms with E-state index >= 15 is 0 Å². The van der Waals surface area contributed by atoms with Gasteiger partial charge in [0.05, 0.1) is 38.3 Å². The number of ether oxygens (including phenoxy) is 6. The van der Waals surface area contributed by atoms with Crippen molar-refractivity contribution in [1.29, 1.82) is 0 Å². The summed E-state index contributed by atoms with van der Waals surface area (Å²) in [5.74, 6) is 1.60. The van der Waals surface area contributed by atoms with Gasteiger partial charge in [-0.1, -0.05) is 6.07 Å². The van der Waals surface area contributed by atoms with Crippen LogP contribution in [0.1, 0.15) is 30.4 Å². The second kappa shape index (κ2) is 6.90. The molecule has 2 aliphatic carbocycles. The number of esters is 1. The number of carbonyl (C=O) groups is 1. The van der Waals surface area contributed by atoms with Crippen LogP contribution in [-0.2, 0) is 35.6 Å². The molecule has 1 aromatic carbocycles. The van der Waals surface area contributed by atoms with Gasteiger partial charge in [0.15, 0.2) is 11.5 Å². The SMILES string of the molecule is COCCOCO[C@H]1CC[C@@H]2[C@@H]3Cc4ccc(OC)c5c4[C@]2(CC(=O)O3)[C@@H]1O5. The molecule has 4 aliphatic rings. The van der Waals surface area contributed by atoms with Crippen LogP contribution in [0.25, 0.3) is 0 Å². The van der Waals surface area contributed by atoms with E-state index in [-0.39, 0.29) is 37.0 Å². The van der Waals surface area contributed by atoms with Crippen molar-refractivity contribution in [2.45, 2.75) is 49.4 Å². The van der Waals surface area contributed by atoms with Crippen LogP contribution in [0.15, 0.2) is 12.1 Å². The summed E-state index contributed by atoms with van der Waals surface area (Å²) in [6.07, 6.45) is 2.40. The lowest BCUT2D eigenvalue weighted by molar-refractivity contribution is -0.194. The molecule has 5 atom stereocenters. The first-order chi connectivity index (χ1) is 13.7. The molecule has 0 amide bonds. The highest BCUT2D eigenvalue weighted by molar-refractivity contribution is 5.77. The fourth-order valence-electron chi connectivity index (χ4n) is 5.77. The maximum Gasteiger partial charge on any atom is 0.307 e. The molecule has 1 spiro atoms. The van der Waals surface area contributed by atoms with Crippen molar-refractivity contribution in [2.75, 3.05) is 34.2 Å². The highest BCUT2D eigenvalue weighted by Crippen LogP contribution is 2.64. The van der Waals surface area contributed by atoms with Gasteiger partial charge in [-0.15, -0.1) is 0 Å². The van der Waals surface area contributed by atoms with Gasteiger partial charge in [0.2, 0.25) is 0 Å². The van der Waals surface area contributed by atoms with Crippen molar-refractivity contribution in [3.63, 3.8) is 0 Å². The number of hydrogen-bond acceptors (Lipinski definition) is 7. The Morgan fingerprint density at radius 3 is 2.89 bits per heavy atom. The molecule has 2 fully saturated rings. The molecule has 0 radical (unpaired) electrons. The summed E-state index contributed by atoms with van der Waals surface area (Å²) >= 11 is 0. The van der Waals surface area contributed by atoms with Crippen LogP contribution < -0.4 is 9.47 Å². The minimum Gasteiger partial charge on any atom is -0.493 e. The van der Waals surface area contributed by atoms with Gasteiger partial charge >= 0.3 is 5.97 Å². The number of methoxy groups -OCH3 is 2.